The van der Waals surface area contributed by atoms with Crippen molar-refractivity contribution in [1.82, 2.24) is 20.3 Å². The van der Waals surface area contributed by atoms with E-state index in [4.69, 9.17) is 4.74 Å². The van der Waals surface area contributed by atoms with E-state index in [0.29, 0.717) is 18.8 Å². The Balaban J connectivity index is 1.63. The van der Waals surface area contributed by atoms with Gasteiger partial charge >= 0.3 is 0 Å². The molecule has 3 rings (SSSR count). The zero-order chi connectivity index (χ0) is 14.7. The fraction of sp³-hybridized carbons (Fsp3) is 0.357. The smallest absolute Gasteiger partial charge is 0.224 e. The largest absolute Gasteiger partial charge is 0.377 e. The fourth-order valence-electron chi connectivity index (χ4n) is 2.41. The minimum atomic E-state index is -0.372. The van der Waals surface area contributed by atoms with E-state index in [-0.39, 0.29) is 30.2 Å². The van der Waals surface area contributed by atoms with Crippen LogP contribution in [0.5, 0.6) is 0 Å². The molecule has 2 atom stereocenters. The summed E-state index contributed by atoms with van der Waals surface area (Å²) in [6.07, 6.45) is 3.32. The molecular weight excluding hydrogens is 275 g/mol. The van der Waals surface area contributed by atoms with Gasteiger partial charge in [-0.3, -0.25) is 4.79 Å². The van der Waals surface area contributed by atoms with Crippen LogP contribution in [-0.4, -0.2) is 40.2 Å². The molecule has 1 aromatic carbocycles. The molecule has 0 saturated carbocycles. The highest BCUT2D eigenvalue weighted by Crippen LogP contribution is 2.18. The van der Waals surface area contributed by atoms with E-state index in [9.17, 15) is 9.18 Å². The van der Waals surface area contributed by atoms with Crippen LogP contribution in [-0.2, 0) is 16.0 Å². The second-order valence-corrected chi connectivity index (χ2v) is 4.93. The second kappa shape index (κ2) is 6.01. The first-order valence-electron chi connectivity index (χ1n) is 6.70. The lowest BCUT2D eigenvalue weighted by Crippen LogP contribution is -2.41. The number of carbonyl (C=O) groups is 1. The van der Waals surface area contributed by atoms with E-state index in [1.165, 1.54) is 6.07 Å². The van der Waals surface area contributed by atoms with E-state index >= 15 is 0 Å². The first kappa shape index (κ1) is 13.7. The van der Waals surface area contributed by atoms with Crippen LogP contribution in [0.1, 0.15) is 11.6 Å². The summed E-state index contributed by atoms with van der Waals surface area (Å²) < 4.78 is 20.6. The monoisotopic (exact) mass is 290 g/mol. The van der Waals surface area contributed by atoms with E-state index in [1.54, 1.807) is 35.3 Å². The third kappa shape index (κ3) is 3.08. The van der Waals surface area contributed by atoms with Crippen LogP contribution < -0.4 is 5.32 Å². The minimum absolute atomic E-state index is 0.00719. The molecule has 2 heterocycles. The lowest BCUT2D eigenvalue weighted by molar-refractivity contribution is -0.121. The Morgan fingerprint density at radius 3 is 3.05 bits per heavy atom. The van der Waals surface area contributed by atoms with Gasteiger partial charge in [-0.25, -0.2) is 9.07 Å². The van der Waals surface area contributed by atoms with Gasteiger partial charge in [0.15, 0.2) is 0 Å². The molecule has 0 aliphatic carbocycles. The van der Waals surface area contributed by atoms with Gasteiger partial charge in [-0.1, -0.05) is 23.4 Å². The predicted octanol–water partition coefficient (Wildman–Crippen LogP) is 0.716. The number of rotatable bonds is 4. The number of amides is 1. The average molecular weight is 290 g/mol. The highest BCUT2D eigenvalue weighted by molar-refractivity contribution is 5.79. The maximum atomic E-state index is 13.5. The molecule has 1 saturated heterocycles. The van der Waals surface area contributed by atoms with Crippen LogP contribution in [0, 0.1) is 5.82 Å². The molecule has 21 heavy (non-hydrogen) atoms. The Kier molecular flexibility index (Phi) is 3.92. The van der Waals surface area contributed by atoms with Crippen LogP contribution in [0.3, 0.4) is 0 Å². The Morgan fingerprint density at radius 2 is 2.29 bits per heavy atom. The standard InChI is InChI=1S/C14H15FN4O2/c15-11-4-2-1-3-10(11)7-14(20)17-12-8-21-9-13(12)19-6-5-16-18-19/h1-6,12-13H,7-9H2,(H,17,20)/t12-,13+/m0/s1. The summed E-state index contributed by atoms with van der Waals surface area (Å²) in [6, 6.07) is 5.99. The van der Waals surface area contributed by atoms with Gasteiger partial charge in [0, 0.05) is 6.20 Å². The molecule has 1 aromatic heterocycles. The molecule has 1 N–H and O–H groups in total. The molecule has 1 amide bonds. The third-order valence-electron chi connectivity index (χ3n) is 3.49. The number of halogens is 1. The van der Waals surface area contributed by atoms with Gasteiger partial charge in [0.05, 0.1) is 37.9 Å². The molecule has 0 unspecified atom stereocenters. The third-order valence-corrected chi connectivity index (χ3v) is 3.49. The molecule has 0 radical (unpaired) electrons. The van der Waals surface area contributed by atoms with Crippen molar-refractivity contribution in [2.24, 2.45) is 0 Å². The number of nitrogens with one attached hydrogen (secondary N) is 1. The number of ether oxygens (including phenoxy) is 1. The van der Waals surface area contributed by atoms with Crippen molar-refractivity contribution in [2.45, 2.75) is 18.5 Å². The van der Waals surface area contributed by atoms with Crippen molar-refractivity contribution < 1.29 is 13.9 Å². The molecular formula is C14H15FN4O2. The van der Waals surface area contributed by atoms with Gasteiger partial charge in [0.2, 0.25) is 5.91 Å². The topological polar surface area (TPSA) is 69.0 Å². The first-order valence-corrected chi connectivity index (χ1v) is 6.70. The lowest BCUT2D eigenvalue weighted by atomic mass is 10.1. The lowest BCUT2D eigenvalue weighted by Gasteiger charge is -2.18. The van der Waals surface area contributed by atoms with Crippen LogP contribution >= 0.6 is 0 Å². The number of hydrogen-bond acceptors (Lipinski definition) is 4. The van der Waals surface area contributed by atoms with Crippen LogP contribution in [0.15, 0.2) is 36.7 Å². The summed E-state index contributed by atoms with van der Waals surface area (Å²) in [4.78, 5) is 12.1. The highest BCUT2D eigenvalue weighted by Gasteiger charge is 2.31. The average Bonchev–Trinajstić information content (AvgIpc) is 3.11. The van der Waals surface area contributed by atoms with Gasteiger partial charge in [0.25, 0.3) is 0 Å². The SMILES string of the molecule is O=C(Cc1ccccc1F)N[C@H]1COC[C@H]1n1ccnn1. The molecule has 1 aliphatic rings. The van der Waals surface area contributed by atoms with Crippen molar-refractivity contribution >= 4 is 5.91 Å². The number of aromatic nitrogens is 3. The normalized spacial score (nSPS) is 21.4. The Labute approximate surface area is 120 Å². The Bertz CT molecular complexity index is 617. The van der Waals surface area contributed by atoms with Crippen molar-refractivity contribution in [3.8, 4) is 0 Å². The van der Waals surface area contributed by atoms with Gasteiger partial charge < -0.3 is 10.1 Å². The molecule has 6 nitrogen and oxygen atoms in total. The number of nitrogens with zero attached hydrogens (tertiary/aromatic N) is 3. The Hall–Kier alpha value is -2.28. The summed E-state index contributed by atoms with van der Waals surface area (Å²) in [7, 11) is 0. The van der Waals surface area contributed by atoms with E-state index < -0.39 is 0 Å². The molecule has 0 spiro atoms. The van der Waals surface area contributed by atoms with Crippen molar-refractivity contribution in [3.63, 3.8) is 0 Å². The van der Waals surface area contributed by atoms with Crippen LogP contribution in [0.25, 0.3) is 0 Å². The van der Waals surface area contributed by atoms with Gasteiger partial charge in [-0.15, -0.1) is 5.10 Å². The van der Waals surface area contributed by atoms with Gasteiger partial charge in [-0.05, 0) is 11.6 Å². The summed E-state index contributed by atoms with van der Waals surface area (Å²) in [6.45, 7) is 0.877. The summed E-state index contributed by atoms with van der Waals surface area (Å²) in [5.41, 5.74) is 0.381. The van der Waals surface area contributed by atoms with Crippen LogP contribution in [0.4, 0.5) is 4.39 Å². The summed E-state index contributed by atoms with van der Waals surface area (Å²) >= 11 is 0. The summed E-state index contributed by atoms with van der Waals surface area (Å²) in [5, 5.41) is 10.6. The first-order chi connectivity index (χ1) is 10.2. The Morgan fingerprint density at radius 1 is 1.43 bits per heavy atom. The van der Waals surface area contributed by atoms with Crippen molar-refractivity contribution in [2.75, 3.05) is 13.2 Å². The van der Waals surface area contributed by atoms with E-state index in [2.05, 4.69) is 15.6 Å². The molecule has 2 aromatic rings. The molecule has 7 heteroatoms. The molecule has 110 valence electrons. The van der Waals surface area contributed by atoms with Gasteiger partial charge in [0.1, 0.15) is 5.82 Å². The maximum Gasteiger partial charge on any atom is 0.224 e. The molecule has 1 fully saturated rings. The zero-order valence-corrected chi connectivity index (χ0v) is 11.3. The van der Waals surface area contributed by atoms with E-state index in [1.807, 2.05) is 0 Å². The number of hydrogen-bond donors (Lipinski definition) is 1. The van der Waals surface area contributed by atoms with E-state index in [0.717, 1.165) is 0 Å². The number of benzene rings is 1. The molecule has 0 bridgehead atoms. The maximum absolute atomic E-state index is 13.5. The number of carbonyl (C=O) groups excluding carboxylic acids is 1. The quantitative estimate of drug-likeness (QED) is 0.900. The minimum Gasteiger partial charge on any atom is -0.377 e. The fourth-order valence-corrected chi connectivity index (χ4v) is 2.41. The summed E-state index contributed by atoms with van der Waals surface area (Å²) in [5.74, 6) is -0.608. The van der Waals surface area contributed by atoms with Crippen molar-refractivity contribution in [1.29, 1.82) is 0 Å². The second-order valence-electron chi connectivity index (χ2n) is 4.93. The molecule has 1 aliphatic heterocycles. The van der Waals surface area contributed by atoms with Crippen molar-refractivity contribution in [3.05, 3.63) is 48.0 Å². The predicted molar refractivity (Wildman–Crippen MR) is 71.9 cm³/mol. The van der Waals surface area contributed by atoms with Gasteiger partial charge in [-0.2, -0.15) is 0 Å². The highest BCUT2D eigenvalue weighted by atomic mass is 19.1. The zero-order valence-electron chi connectivity index (χ0n) is 11.3. The van der Waals surface area contributed by atoms with Crippen LogP contribution in [0.2, 0.25) is 0 Å².